The summed E-state index contributed by atoms with van der Waals surface area (Å²) >= 11 is 3.50. The summed E-state index contributed by atoms with van der Waals surface area (Å²) in [6.07, 6.45) is 1.92. The maximum atomic E-state index is 4.89. The summed E-state index contributed by atoms with van der Waals surface area (Å²) in [7, 11) is 0. The summed E-state index contributed by atoms with van der Waals surface area (Å²) in [5.41, 5.74) is 5.16. The van der Waals surface area contributed by atoms with E-state index in [1.807, 2.05) is 66.9 Å². The molecule has 0 fully saturated rings. The van der Waals surface area contributed by atoms with Gasteiger partial charge in [-0.2, -0.15) is 0 Å². The van der Waals surface area contributed by atoms with E-state index in [0.717, 1.165) is 38.2 Å². The summed E-state index contributed by atoms with van der Waals surface area (Å²) in [4.78, 5) is 9.50. The van der Waals surface area contributed by atoms with Crippen molar-refractivity contribution in [1.82, 2.24) is 9.97 Å². The number of aromatic nitrogens is 2. The molecule has 1 aromatic heterocycles. The van der Waals surface area contributed by atoms with E-state index in [-0.39, 0.29) is 0 Å². The molecule has 0 saturated heterocycles. The zero-order chi connectivity index (χ0) is 17.1. The summed E-state index contributed by atoms with van der Waals surface area (Å²) in [5.74, 6) is 0.734. The highest BCUT2D eigenvalue weighted by atomic mass is 79.9. The summed E-state index contributed by atoms with van der Waals surface area (Å²) in [6, 6.07) is 28.5. The fraction of sp³-hybridized carbons (Fsp3) is 0. The van der Waals surface area contributed by atoms with Gasteiger partial charge < -0.3 is 0 Å². The van der Waals surface area contributed by atoms with Crippen molar-refractivity contribution in [1.29, 1.82) is 0 Å². The van der Waals surface area contributed by atoms with Gasteiger partial charge in [0.1, 0.15) is 0 Å². The fourth-order valence-electron chi connectivity index (χ4n) is 2.76. The molecule has 0 aliphatic heterocycles. The lowest BCUT2D eigenvalue weighted by Crippen LogP contribution is -1.95. The molecule has 2 nitrogen and oxygen atoms in total. The average molecular weight is 387 g/mol. The van der Waals surface area contributed by atoms with E-state index in [2.05, 4.69) is 45.2 Å². The van der Waals surface area contributed by atoms with Gasteiger partial charge in [-0.1, -0.05) is 88.7 Å². The van der Waals surface area contributed by atoms with Gasteiger partial charge in [-0.15, -0.1) is 0 Å². The molecule has 0 unspecified atom stereocenters. The van der Waals surface area contributed by atoms with Crippen molar-refractivity contribution < 1.29 is 0 Å². The Morgan fingerprint density at radius 1 is 0.600 bits per heavy atom. The Labute approximate surface area is 155 Å². The molecule has 0 amide bonds. The minimum atomic E-state index is 0.734. The topological polar surface area (TPSA) is 25.8 Å². The smallest absolute Gasteiger partial charge is 0.159 e. The summed E-state index contributed by atoms with van der Waals surface area (Å²) in [6.45, 7) is 0. The number of hydrogen-bond donors (Lipinski definition) is 0. The molecule has 0 bridgehead atoms. The van der Waals surface area contributed by atoms with E-state index in [4.69, 9.17) is 4.98 Å². The Kier molecular flexibility index (Phi) is 4.40. The van der Waals surface area contributed by atoms with E-state index < -0.39 is 0 Å². The quantitative estimate of drug-likeness (QED) is 0.416. The minimum Gasteiger partial charge on any atom is -0.236 e. The molecule has 0 aliphatic rings. The van der Waals surface area contributed by atoms with Gasteiger partial charge in [0.2, 0.25) is 0 Å². The molecule has 0 N–H and O–H groups in total. The van der Waals surface area contributed by atoms with Crippen LogP contribution in [0.2, 0.25) is 0 Å². The lowest BCUT2D eigenvalue weighted by atomic mass is 10.0. The van der Waals surface area contributed by atoms with Gasteiger partial charge in [0.15, 0.2) is 5.82 Å². The first-order valence-corrected chi connectivity index (χ1v) is 8.84. The Morgan fingerprint density at radius 3 is 1.84 bits per heavy atom. The first kappa shape index (κ1) is 15.7. The van der Waals surface area contributed by atoms with Gasteiger partial charge >= 0.3 is 0 Å². The Bertz CT molecular complexity index is 981. The van der Waals surface area contributed by atoms with Crippen LogP contribution in [0.5, 0.6) is 0 Å². The van der Waals surface area contributed by atoms with Gasteiger partial charge in [0.25, 0.3) is 0 Å². The van der Waals surface area contributed by atoms with Crippen molar-refractivity contribution in [2.45, 2.75) is 0 Å². The van der Waals surface area contributed by atoms with E-state index in [1.165, 1.54) is 0 Å². The van der Waals surface area contributed by atoms with Crippen molar-refractivity contribution in [2.75, 3.05) is 0 Å². The molecule has 3 heteroatoms. The average Bonchev–Trinajstić information content (AvgIpc) is 2.69. The normalized spacial score (nSPS) is 10.6. The molecule has 4 aromatic rings. The molecule has 0 atom stereocenters. The lowest BCUT2D eigenvalue weighted by molar-refractivity contribution is 1.18. The van der Waals surface area contributed by atoms with Gasteiger partial charge in [-0.3, -0.25) is 0 Å². The zero-order valence-corrected chi connectivity index (χ0v) is 15.0. The minimum absolute atomic E-state index is 0.734. The molecular formula is C22H15BrN2. The molecule has 0 radical (unpaired) electrons. The summed E-state index contributed by atoms with van der Waals surface area (Å²) < 4.78 is 1.05. The van der Waals surface area contributed by atoms with Crippen LogP contribution < -0.4 is 0 Å². The number of rotatable bonds is 3. The molecule has 1 heterocycles. The molecule has 4 rings (SSSR count). The Balaban J connectivity index is 1.91. The predicted octanol–water partition coefficient (Wildman–Crippen LogP) is 6.24. The van der Waals surface area contributed by atoms with Crippen LogP contribution in [0.1, 0.15) is 0 Å². The molecule has 0 saturated carbocycles. The molecule has 25 heavy (non-hydrogen) atoms. The Morgan fingerprint density at radius 2 is 1.20 bits per heavy atom. The molecule has 0 spiro atoms. The second-order valence-electron chi connectivity index (χ2n) is 5.69. The van der Waals surface area contributed by atoms with Crippen LogP contribution in [-0.2, 0) is 0 Å². The highest BCUT2D eigenvalue weighted by Crippen LogP contribution is 2.32. The van der Waals surface area contributed by atoms with Crippen molar-refractivity contribution in [3.63, 3.8) is 0 Å². The van der Waals surface area contributed by atoms with Gasteiger partial charge in [-0.05, 0) is 17.7 Å². The molecule has 120 valence electrons. The molecular weight excluding hydrogens is 372 g/mol. The number of benzene rings is 3. The van der Waals surface area contributed by atoms with E-state index in [0.29, 0.717) is 0 Å². The second kappa shape index (κ2) is 6.99. The zero-order valence-electron chi connectivity index (χ0n) is 13.4. The predicted molar refractivity (Wildman–Crippen MR) is 106 cm³/mol. The van der Waals surface area contributed by atoms with Crippen LogP contribution in [0.3, 0.4) is 0 Å². The van der Waals surface area contributed by atoms with Gasteiger partial charge in [0, 0.05) is 27.4 Å². The third kappa shape index (κ3) is 3.37. The van der Waals surface area contributed by atoms with Gasteiger partial charge in [0.05, 0.1) is 5.69 Å². The fourth-order valence-corrected chi connectivity index (χ4v) is 3.03. The van der Waals surface area contributed by atoms with Crippen molar-refractivity contribution in [2.24, 2.45) is 0 Å². The van der Waals surface area contributed by atoms with Crippen LogP contribution in [0.4, 0.5) is 0 Å². The summed E-state index contributed by atoms with van der Waals surface area (Å²) in [5, 5.41) is 0. The molecule has 0 aliphatic carbocycles. The van der Waals surface area contributed by atoms with Gasteiger partial charge in [-0.25, -0.2) is 9.97 Å². The number of nitrogens with zero attached hydrogens (tertiary/aromatic N) is 2. The van der Waals surface area contributed by atoms with Crippen LogP contribution in [-0.4, -0.2) is 9.97 Å². The Hall–Kier alpha value is -2.78. The van der Waals surface area contributed by atoms with Crippen molar-refractivity contribution >= 4 is 15.9 Å². The second-order valence-corrected chi connectivity index (χ2v) is 6.61. The maximum Gasteiger partial charge on any atom is 0.159 e. The first-order valence-electron chi connectivity index (χ1n) is 8.05. The third-order valence-electron chi connectivity index (χ3n) is 4.02. The number of hydrogen-bond acceptors (Lipinski definition) is 2. The van der Waals surface area contributed by atoms with E-state index >= 15 is 0 Å². The maximum absolute atomic E-state index is 4.89. The van der Waals surface area contributed by atoms with Crippen molar-refractivity contribution in [3.8, 4) is 33.8 Å². The first-order chi connectivity index (χ1) is 12.3. The van der Waals surface area contributed by atoms with Crippen LogP contribution in [0.15, 0.2) is 95.6 Å². The van der Waals surface area contributed by atoms with E-state index in [1.54, 1.807) is 0 Å². The molecule has 3 aromatic carbocycles. The highest BCUT2D eigenvalue weighted by molar-refractivity contribution is 9.10. The third-order valence-corrected chi connectivity index (χ3v) is 4.55. The van der Waals surface area contributed by atoms with Crippen LogP contribution in [0.25, 0.3) is 33.8 Å². The standard InChI is InChI=1S/C22H15BrN2/c23-19-13-11-17(12-14-19)21-20(16-7-3-1-4-8-16)15-24-22(25-21)18-9-5-2-6-10-18/h1-15H. The largest absolute Gasteiger partial charge is 0.236 e. The lowest BCUT2D eigenvalue weighted by Gasteiger charge is -2.11. The van der Waals surface area contributed by atoms with Crippen LogP contribution >= 0.6 is 15.9 Å². The van der Waals surface area contributed by atoms with Crippen molar-refractivity contribution in [3.05, 3.63) is 95.6 Å². The highest BCUT2D eigenvalue weighted by Gasteiger charge is 2.12. The monoisotopic (exact) mass is 386 g/mol. The van der Waals surface area contributed by atoms with Crippen LogP contribution in [0, 0.1) is 0 Å². The SMILES string of the molecule is Brc1ccc(-c2nc(-c3ccccc3)ncc2-c2ccccc2)cc1. The van der Waals surface area contributed by atoms with E-state index in [9.17, 15) is 0 Å². The number of halogens is 1.